The molecule has 0 radical (unpaired) electrons. The Morgan fingerprint density at radius 3 is 3.00 bits per heavy atom. The van der Waals surface area contributed by atoms with Gasteiger partial charge in [0.15, 0.2) is 0 Å². The lowest BCUT2D eigenvalue weighted by molar-refractivity contribution is 0.370. The molecule has 1 atom stereocenters. The SMILES string of the molecule is CC(C)N(CC1CCCNC1)c1ncncc1Br. The summed E-state index contributed by atoms with van der Waals surface area (Å²) in [7, 11) is 0. The highest BCUT2D eigenvalue weighted by Gasteiger charge is 2.21. The van der Waals surface area contributed by atoms with Crippen molar-refractivity contribution in [2.24, 2.45) is 5.92 Å². The van der Waals surface area contributed by atoms with E-state index >= 15 is 0 Å². The van der Waals surface area contributed by atoms with Crippen molar-refractivity contribution in [1.29, 1.82) is 0 Å². The summed E-state index contributed by atoms with van der Waals surface area (Å²) < 4.78 is 0.975. The van der Waals surface area contributed by atoms with E-state index in [0.717, 1.165) is 29.9 Å². The molecule has 1 fully saturated rings. The van der Waals surface area contributed by atoms with Crippen LogP contribution in [-0.2, 0) is 0 Å². The number of halogens is 1. The Bertz CT molecular complexity index is 377. The van der Waals surface area contributed by atoms with E-state index in [2.05, 4.69) is 50.0 Å². The molecule has 18 heavy (non-hydrogen) atoms. The number of hydrogen-bond acceptors (Lipinski definition) is 4. The Morgan fingerprint density at radius 1 is 1.56 bits per heavy atom. The number of piperidine rings is 1. The van der Waals surface area contributed by atoms with E-state index in [1.54, 1.807) is 6.33 Å². The fourth-order valence-electron chi connectivity index (χ4n) is 2.42. The van der Waals surface area contributed by atoms with Gasteiger partial charge in [-0.15, -0.1) is 0 Å². The summed E-state index contributed by atoms with van der Waals surface area (Å²) in [5.41, 5.74) is 0. The summed E-state index contributed by atoms with van der Waals surface area (Å²) in [4.78, 5) is 10.8. The molecule has 1 saturated heterocycles. The van der Waals surface area contributed by atoms with Crippen LogP contribution in [0.15, 0.2) is 17.0 Å². The summed E-state index contributed by atoms with van der Waals surface area (Å²) in [5, 5.41) is 3.47. The molecule has 0 bridgehead atoms. The van der Waals surface area contributed by atoms with Gasteiger partial charge in [-0.05, 0) is 61.6 Å². The number of anilines is 1. The third-order valence-corrected chi connectivity index (χ3v) is 3.96. The molecule has 2 heterocycles. The molecule has 1 N–H and O–H groups in total. The Morgan fingerprint density at radius 2 is 2.39 bits per heavy atom. The van der Waals surface area contributed by atoms with Gasteiger partial charge in [0, 0.05) is 18.8 Å². The lowest BCUT2D eigenvalue weighted by Crippen LogP contribution is -2.41. The number of nitrogens with zero attached hydrogens (tertiary/aromatic N) is 3. The van der Waals surface area contributed by atoms with Gasteiger partial charge in [0.2, 0.25) is 0 Å². The van der Waals surface area contributed by atoms with E-state index in [0.29, 0.717) is 12.0 Å². The number of nitrogens with one attached hydrogen (secondary N) is 1. The van der Waals surface area contributed by atoms with E-state index in [9.17, 15) is 0 Å². The van der Waals surface area contributed by atoms with Crippen LogP contribution in [0.2, 0.25) is 0 Å². The van der Waals surface area contributed by atoms with Gasteiger partial charge >= 0.3 is 0 Å². The van der Waals surface area contributed by atoms with Gasteiger partial charge in [-0.3, -0.25) is 0 Å². The van der Waals surface area contributed by atoms with Crippen LogP contribution >= 0.6 is 15.9 Å². The minimum Gasteiger partial charge on any atom is -0.353 e. The van der Waals surface area contributed by atoms with Crippen LogP contribution in [0.25, 0.3) is 0 Å². The second-order valence-electron chi connectivity index (χ2n) is 5.15. The molecular weight excluding hydrogens is 292 g/mol. The Balaban J connectivity index is 2.10. The van der Waals surface area contributed by atoms with E-state index in [1.807, 2.05) is 6.20 Å². The maximum Gasteiger partial charge on any atom is 0.146 e. The molecular formula is C13H21BrN4. The first-order valence-corrected chi connectivity index (χ1v) is 7.40. The van der Waals surface area contributed by atoms with Crippen molar-refractivity contribution in [3.05, 3.63) is 17.0 Å². The molecule has 5 heteroatoms. The van der Waals surface area contributed by atoms with Crippen molar-refractivity contribution >= 4 is 21.7 Å². The molecule has 0 saturated carbocycles. The normalized spacial score (nSPS) is 20.1. The first-order valence-electron chi connectivity index (χ1n) is 6.61. The van der Waals surface area contributed by atoms with Gasteiger partial charge in [0.25, 0.3) is 0 Å². The minimum atomic E-state index is 0.443. The fraction of sp³-hybridized carbons (Fsp3) is 0.692. The van der Waals surface area contributed by atoms with Crippen molar-refractivity contribution < 1.29 is 0 Å². The molecule has 1 aromatic heterocycles. The predicted molar refractivity (Wildman–Crippen MR) is 77.8 cm³/mol. The smallest absolute Gasteiger partial charge is 0.146 e. The van der Waals surface area contributed by atoms with E-state index in [-0.39, 0.29) is 0 Å². The van der Waals surface area contributed by atoms with Crippen molar-refractivity contribution in [2.75, 3.05) is 24.5 Å². The zero-order valence-electron chi connectivity index (χ0n) is 11.1. The van der Waals surface area contributed by atoms with Crippen molar-refractivity contribution in [3.63, 3.8) is 0 Å². The van der Waals surface area contributed by atoms with Crippen LogP contribution in [0.1, 0.15) is 26.7 Å². The first kappa shape index (κ1) is 13.7. The van der Waals surface area contributed by atoms with Crippen LogP contribution in [0.5, 0.6) is 0 Å². The van der Waals surface area contributed by atoms with Gasteiger partial charge < -0.3 is 10.2 Å². The first-order chi connectivity index (χ1) is 8.68. The Hall–Kier alpha value is -0.680. The molecule has 1 aromatic rings. The van der Waals surface area contributed by atoms with E-state index in [4.69, 9.17) is 0 Å². The molecule has 1 aliphatic rings. The van der Waals surface area contributed by atoms with Crippen molar-refractivity contribution in [1.82, 2.24) is 15.3 Å². The summed E-state index contributed by atoms with van der Waals surface area (Å²) >= 11 is 3.55. The summed E-state index contributed by atoms with van der Waals surface area (Å²) in [6.07, 6.45) is 6.02. The molecule has 0 spiro atoms. The Labute approximate surface area is 117 Å². The quantitative estimate of drug-likeness (QED) is 0.927. The molecule has 1 aliphatic heterocycles. The lowest BCUT2D eigenvalue weighted by atomic mass is 9.98. The summed E-state index contributed by atoms with van der Waals surface area (Å²) in [6.45, 7) is 7.76. The summed E-state index contributed by atoms with van der Waals surface area (Å²) in [5.74, 6) is 1.72. The van der Waals surface area contributed by atoms with Crippen molar-refractivity contribution in [2.45, 2.75) is 32.7 Å². The largest absolute Gasteiger partial charge is 0.353 e. The van der Waals surface area contributed by atoms with Gasteiger partial charge in [-0.25, -0.2) is 9.97 Å². The van der Waals surface area contributed by atoms with Crippen LogP contribution in [0.4, 0.5) is 5.82 Å². The molecule has 0 aliphatic carbocycles. The number of rotatable bonds is 4. The van der Waals surface area contributed by atoms with E-state index < -0.39 is 0 Å². The van der Waals surface area contributed by atoms with Crippen LogP contribution in [-0.4, -0.2) is 35.6 Å². The zero-order valence-corrected chi connectivity index (χ0v) is 12.7. The van der Waals surface area contributed by atoms with Gasteiger partial charge in [0.1, 0.15) is 12.1 Å². The van der Waals surface area contributed by atoms with Crippen molar-refractivity contribution in [3.8, 4) is 0 Å². The molecule has 1 unspecified atom stereocenters. The Kier molecular flexibility index (Phi) is 4.95. The molecule has 0 aromatic carbocycles. The van der Waals surface area contributed by atoms with Gasteiger partial charge in [-0.1, -0.05) is 0 Å². The van der Waals surface area contributed by atoms with Gasteiger partial charge in [-0.2, -0.15) is 0 Å². The highest BCUT2D eigenvalue weighted by Crippen LogP contribution is 2.25. The maximum absolute atomic E-state index is 4.41. The highest BCUT2D eigenvalue weighted by molar-refractivity contribution is 9.10. The lowest BCUT2D eigenvalue weighted by Gasteiger charge is -2.34. The third kappa shape index (κ3) is 3.42. The second kappa shape index (κ2) is 6.48. The average Bonchev–Trinajstić information content (AvgIpc) is 2.38. The monoisotopic (exact) mass is 312 g/mol. The van der Waals surface area contributed by atoms with Gasteiger partial charge in [0.05, 0.1) is 4.47 Å². The minimum absolute atomic E-state index is 0.443. The van der Waals surface area contributed by atoms with Crippen LogP contribution in [0, 0.1) is 5.92 Å². The van der Waals surface area contributed by atoms with Crippen LogP contribution in [0.3, 0.4) is 0 Å². The predicted octanol–water partition coefficient (Wildman–Crippen LogP) is 2.45. The molecule has 0 amide bonds. The molecule has 100 valence electrons. The average molecular weight is 313 g/mol. The maximum atomic E-state index is 4.41. The molecule has 2 rings (SSSR count). The number of hydrogen-bond donors (Lipinski definition) is 1. The second-order valence-corrected chi connectivity index (χ2v) is 6.01. The molecule has 4 nitrogen and oxygen atoms in total. The topological polar surface area (TPSA) is 41.0 Å². The summed E-state index contributed by atoms with van der Waals surface area (Å²) in [6, 6.07) is 0.443. The number of aromatic nitrogens is 2. The highest BCUT2D eigenvalue weighted by atomic mass is 79.9. The third-order valence-electron chi connectivity index (χ3n) is 3.40. The fourth-order valence-corrected chi connectivity index (χ4v) is 2.87. The van der Waals surface area contributed by atoms with E-state index in [1.165, 1.54) is 12.8 Å². The zero-order chi connectivity index (χ0) is 13.0. The van der Waals surface area contributed by atoms with Crippen LogP contribution < -0.4 is 10.2 Å². The standard InChI is InChI=1S/C13H21BrN4/c1-10(2)18(8-11-4-3-5-15-6-11)13-12(14)7-16-9-17-13/h7,9-11,15H,3-6,8H2,1-2H3.